The first-order valence-electron chi connectivity index (χ1n) is 5.49. The molecule has 2 rings (SSSR count). The summed E-state index contributed by atoms with van der Waals surface area (Å²) < 4.78 is 10.6. The van der Waals surface area contributed by atoms with E-state index in [0.29, 0.717) is 17.2 Å². The van der Waals surface area contributed by atoms with Crippen molar-refractivity contribution in [3.8, 4) is 11.5 Å². The molecule has 0 radical (unpaired) electrons. The molecule has 0 aliphatic rings. The van der Waals surface area contributed by atoms with Crippen LogP contribution in [0.15, 0.2) is 36.8 Å². The molecule has 1 aromatic carbocycles. The molecule has 1 heterocycles. The normalized spacial score (nSPS) is 9.95. The molecule has 0 aliphatic heterocycles. The molecule has 19 heavy (non-hydrogen) atoms. The van der Waals surface area contributed by atoms with E-state index in [9.17, 15) is 4.79 Å². The van der Waals surface area contributed by atoms with E-state index in [4.69, 9.17) is 14.6 Å². The van der Waals surface area contributed by atoms with Crippen LogP contribution < -0.4 is 9.47 Å². The Morgan fingerprint density at radius 2 is 2.16 bits per heavy atom. The number of aromatic nitrogens is 2. The minimum atomic E-state index is -1.02. The molecule has 0 saturated carbocycles. The Labute approximate surface area is 109 Å². The number of ether oxygens (including phenoxy) is 2. The standard InChI is InChI=1S/C13H12N2O4/c1-18-11-3-2-9(13(16)17)6-12(11)19-8-10-7-14-4-5-15-10/h2-7H,8H2,1H3,(H,16,17). The summed E-state index contributed by atoms with van der Waals surface area (Å²) in [5.74, 6) is -0.200. The molecule has 0 bridgehead atoms. The van der Waals surface area contributed by atoms with E-state index in [2.05, 4.69) is 9.97 Å². The highest BCUT2D eigenvalue weighted by molar-refractivity contribution is 5.88. The van der Waals surface area contributed by atoms with Gasteiger partial charge in [-0.05, 0) is 18.2 Å². The molecule has 0 amide bonds. The predicted octanol–water partition coefficient (Wildman–Crippen LogP) is 1.76. The van der Waals surface area contributed by atoms with Gasteiger partial charge >= 0.3 is 5.97 Å². The van der Waals surface area contributed by atoms with Crippen LogP contribution in [0.5, 0.6) is 11.5 Å². The number of carboxylic acids is 1. The third kappa shape index (κ3) is 3.19. The van der Waals surface area contributed by atoms with Gasteiger partial charge in [-0.1, -0.05) is 0 Å². The Kier molecular flexibility index (Phi) is 3.92. The Morgan fingerprint density at radius 3 is 2.79 bits per heavy atom. The molecule has 0 fully saturated rings. The van der Waals surface area contributed by atoms with Crippen molar-refractivity contribution >= 4 is 5.97 Å². The number of methoxy groups -OCH3 is 1. The first kappa shape index (κ1) is 12.8. The molecular formula is C13H12N2O4. The lowest BCUT2D eigenvalue weighted by Crippen LogP contribution is -2.02. The SMILES string of the molecule is COc1ccc(C(=O)O)cc1OCc1cnccn1. The Balaban J connectivity index is 2.18. The van der Waals surface area contributed by atoms with Gasteiger partial charge in [0, 0.05) is 12.4 Å². The largest absolute Gasteiger partial charge is 0.493 e. The first-order chi connectivity index (χ1) is 9.20. The summed E-state index contributed by atoms with van der Waals surface area (Å²) in [5, 5.41) is 8.94. The van der Waals surface area contributed by atoms with E-state index in [1.54, 1.807) is 24.7 Å². The maximum Gasteiger partial charge on any atom is 0.335 e. The summed E-state index contributed by atoms with van der Waals surface area (Å²) >= 11 is 0. The average molecular weight is 260 g/mol. The molecule has 1 N–H and O–H groups in total. The fourth-order valence-corrected chi connectivity index (χ4v) is 1.48. The van der Waals surface area contributed by atoms with Gasteiger partial charge in [0.15, 0.2) is 11.5 Å². The summed E-state index contributed by atoms with van der Waals surface area (Å²) in [6.07, 6.45) is 4.70. The van der Waals surface area contributed by atoms with E-state index in [0.717, 1.165) is 0 Å². The third-order valence-electron chi connectivity index (χ3n) is 2.40. The summed E-state index contributed by atoms with van der Waals surface area (Å²) in [6, 6.07) is 4.42. The van der Waals surface area contributed by atoms with Gasteiger partial charge in [0.25, 0.3) is 0 Å². The van der Waals surface area contributed by atoms with Gasteiger partial charge < -0.3 is 14.6 Å². The highest BCUT2D eigenvalue weighted by Gasteiger charge is 2.10. The summed E-state index contributed by atoms with van der Waals surface area (Å²) in [5.41, 5.74) is 0.778. The summed E-state index contributed by atoms with van der Waals surface area (Å²) in [4.78, 5) is 18.9. The molecule has 0 unspecified atom stereocenters. The van der Waals surface area contributed by atoms with Gasteiger partial charge in [-0.25, -0.2) is 4.79 Å². The van der Waals surface area contributed by atoms with Crippen LogP contribution in [-0.4, -0.2) is 28.2 Å². The molecule has 98 valence electrons. The van der Waals surface area contributed by atoms with E-state index >= 15 is 0 Å². The minimum absolute atomic E-state index is 0.134. The lowest BCUT2D eigenvalue weighted by Gasteiger charge is -2.10. The van der Waals surface area contributed by atoms with Crippen molar-refractivity contribution in [3.05, 3.63) is 48.0 Å². The van der Waals surface area contributed by atoms with E-state index < -0.39 is 5.97 Å². The maximum absolute atomic E-state index is 10.9. The lowest BCUT2D eigenvalue weighted by atomic mass is 10.2. The van der Waals surface area contributed by atoms with Crippen molar-refractivity contribution in [2.75, 3.05) is 7.11 Å². The topological polar surface area (TPSA) is 81.5 Å². The Hall–Kier alpha value is -2.63. The second-order valence-electron chi connectivity index (χ2n) is 3.66. The van der Waals surface area contributed by atoms with Gasteiger partial charge in [-0.3, -0.25) is 9.97 Å². The zero-order chi connectivity index (χ0) is 13.7. The highest BCUT2D eigenvalue weighted by atomic mass is 16.5. The molecular weight excluding hydrogens is 248 g/mol. The van der Waals surface area contributed by atoms with Gasteiger partial charge in [0.2, 0.25) is 0 Å². The Morgan fingerprint density at radius 1 is 1.32 bits per heavy atom. The zero-order valence-electron chi connectivity index (χ0n) is 10.2. The van der Waals surface area contributed by atoms with Crippen LogP contribution >= 0.6 is 0 Å². The molecule has 0 saturated heterocycles. The van der Waals surface area contributed by atoms with Crippen LogP contribution in [0.4, 0.5) is 0 Å². The van der Waals surface area contributed by atoms with Crippen molar-refractivity contribution in [2.24, 2.45) is 0 Å². The third-order valence-corrected chi connectivity index (χ3v) is 2.40. The van der Waals surface area contributed by atoms with Gasteiger partial charge in [-0.2, -0.15) is 0 Å². The summed E-state index contributed by atoms with van der Waals surface area (Å²) in [7, 11) is 1.49. The van der Waals surface area contributed by atoms with Crippen LogP contribution in [0.3, 0.4) is 0 Å². The van der Waals surface area contributed by atoms with E-state index in [1.165, 1.54) is 19.2 Å². The van der Waals surface area contributed by atoms with Crippen molar-refractivity contribution in [2.45, 2.75) is 6.61 Å². The maximum atomic E-state index is 10.9. The number of aromatic carboxylic acids is 1. The van der Waals surface area contributed by atoms with Gasteiger partial charge in [0.05, 0.1) is 24.6 Å². The van der Waals surface area contributed by atoms with Crippen molar-refractivity contribution in [3.63, 3.8) is 0 Å². The summed E-state index contributed by atoms with van der Waals surface area (Å²) in [6.45, 7) is 0.188. The van der Waals surface area contributed by atoms with Gasteiger partial charge in [-0.15, -0.1) is 0 Å². The highest BCUT2D eigenvalue weighted by Crippen LogP contribution is 2.28. The molecule has 6 nitrogen and oxygen atoms in total. The van der Waals surface area contributed by atoms with E-state index in [1.807, 2.05) is 0 Å². The first-order valence-corrected chi connectivity index (χ1v) is 5.49. The number of carbonyl (C=O) groups is 1. The van der Waals surface area contributed by atoms with Crippen molar-refractivity contribution in [1.82, 2.24) is 9.97 Å². The number of rotatable bonds is 5. The number of hydrogen-bond donors (Lipinski definition) is 1. The number of carboxylic acid groups (broad SMARTS) is 1. The molecule has 0 aliphatic carbocycles. The minimum Gasteiger partial charge on any atom is -0.493 e. The number of benzene rings is 1. The second-order valence-corrected chi connectivity index (χ2v) is 3.66. The van der Waals surface area contributed by atoms with Crippen LogP contribution in [0, 0.1) is 0 Å². The zero-order valence-corrected chi connectivity index (χ0v) is 10.2. The van der Waals surface area contributed by atoms with Crippen molar-refractivity contribution < 1.29 is 19.4 Å². The van der Waals surface area contributed by atoms with Crippen LogP contribution in [0.25, 0.3) is 0 Å². The second kappa shape index (κ2) is 5.81. The molecule has 6 heteroatoms. The predicted molar refractivity (Wildman–Crippen MR) is 66.3 cm³/mol. The molecule has 0 spiro atoms. The smallest absolute Gasteiger partial charge is 0.335 e. The molecule has 0 atom stereocenters. The lowest BCUT2D eigenvalue weighted by molar-refractivity contribution is 0.0696. The fraction of sp³-hybridized carbons (Fsp3) is 0.154. The fourth-order valence-electron chi connectivity index (χ4n) is 1.48. The Bertz CT molecular complexity index is 572. The quantitative estimate of drug-likeness (QED) is 0.882. The molecule has 1 aromatic heterocycles. The monoisotopic (exact) mass is 260 g/mol. The van der Waals surface area contributed by atoms with Crippen molar-refractivity contribution in [1.29, 1.82) is 0 Å². The number of nitrogens with zero attached hydrogens (tertiary/aromatic N) is 2. The average Bonchev–Trinajstić information content (AvgIpc) is 2.45. The molecule has 2 aromatic rings. The number of hydrogen-bond acceptors (Lipinski definition) is 5. The van der Waals surface area contributed by atoms with Crippen LogP contribution in [0.2, 0.25) is 0 Å². The van der Waals surface area contributed by atoms with Gasteiger partial charge in [0.1, 0.15) is 6.61 Å². The van der Waals surface area contributed by atoms with Crippen LogP contribution in [-0.2, 0) is 6.61 Å². The van der Waals surface area contributed by atoms with Crippen LogP contribution in [0.1, 0.15) is 16.1 Å². The van der Waals surface area contributed by atoms with E-state index in [-0.39, 0.29) is 12.2 Å².